The van der Waals surface area contributed by atoms with Gasteiger partial charge < -0.3 is 15.2 Å². The Morgan fingerprint density at radius 3 is 2.38 bits per heavy atom. The second kappa shape index (κ2) is 6.32. The zero-order chi connectivity index (χ0) is 16.3. The van der Waals surface area contributed by atoms with Gasteiger partial charge in [0.05, 0.1) is 6.61 Å². The van der Waals surface area contributed by atoms with Crippen molar-refractivity contribution >= 4 is 15.8 Å². The van der Waals surface area contributed by atoms with Crippen molar-refractivity contribution in [2.45, 2.75) is 11.1 Å². The second-order valence-corrected chi connectivity index (χ2v) is 5.72. The number of halogens is 3. The van der Waals surface area contributed by atoms with Crippen molar-refractivity contribution < 1.29 is 31.6 Å². The maximum atomic E-state index is 12.4. The van der Waals surface area contributed by atoms with Gasteiger partial charge in [0.25, 0.3) is 0 Å². The average molecular weight is 329 g/mol. The van der Waals surface area contributed by atoms with E-state index >= 15 is 0 Å². The van der Waals surface area contributed by atoms with E-state index in [0.29, 0.717) is 6.20 Å². The minimum absolute atomic E-state index is 0.0237. The fourth-order valence-electron chi connectivity index (χ4n) is 1.38. The Bertz CT molecular complexity index is 602. The zero-order valence-electron chi connectivity index (χ0n) is 10.3. The third kappa shape index (κ3) is 4.61. The molecule has 0 bridgehead atoms. The van der Waals surface area contributed by atoms with Crippen molar-refractivity contribution in [3.63, 3.8) is 0 Å². The molecule has 12 heteroatoms. The van der Waals surface area contributed by atoms with E-state index < -0.39 is 51.5 Å². The lowest BCUT2D eigenvalue weighted by Crippen LogP contribution is -2.40. The normalized spacial score (nSPS) is 12.6. The molecule has 1 heterocycles. The summed E-state index contributed by atoms with van der Waals surface area (Å²) in [5.41, 5.74) is 0. The van der Waals surface area contributed by atoms with Gasteiger partial charge in [-0.15, -0.1) is 0 Å². The summed E-state index contributed by atoms with van der Waals surface area (Å²) in [5, 5.41) is 19.1. The molecule has 1 aromatic rings. The molecule has 0 saturated heterocycles. The second-order valence-electron chi connectivity index (χ2n) is 3.79. The molecule has 118 valence electrons. The summed E-state index contributed by atoms with van der Waals surface area (Å²) in [6.45, 7) is -3.36. The highest BCUT2D eigenvalue weighted by Crippen LogP contribution is 2.22. The van der Waals surface area contributed by atoms with Gasteiger partial charge in [0.2, 0.25) is 10.0 Å². The quantitative estimate of drug-likeness (QED) is 0.602. The highest BCUT2D eigenvalue weighted by atomic mass is 32.2. The maximum Gasteiger partial charge on any atom is 0.402 e. The molecule has 8 nitrogen and oxygen atoms in total. The Morgan fingerprint density at radius 1 is 1.38 bits per heavy atom. The van der Waals surface area contributed by atoms with E-state index in [4.69, 9.17) is 5.11 Å². The number of hydrogen-bond acceptors (Lipinski definition) is 6. The SMILES string of the molecule is O=[N+]([O-])c1ccc(S(=O)(=O)N(CCO)CC(F)(F)F)cn1. The summed E-state index contributed by atoms with van der Waals surface area (Å²) in [6.07, 6.45) is -4.20. The van der Waals surface area contributed by atoms with Crippen molar-refractivity contribution in [3.8, 4) is 0 Å². The number of aromatic nitrogens is 1. The first kappa shape index (κ1) is 17.3. The molecule has 0 radical (unpaired) electrons. The van der Waals surface area contributed by atoms with E-state index in [1.165, 1.54) is 0 Å². The molecule has 0 fully saturated rings. The molecule has 0 aliphatic rings. The Hall–Kier alpha value is -1.79. The number of hydrogen-bond donors (Lipinski definition) is 1. The van der Waals surface area contributed by atoms with E-state index in [2.05, 4.69) is 4.98 Å². The Morgan fingerprint density at radius 2 is 2.00 bits per heavy atom. The van der Waals surface area contributed by atoms with Crippen LogP contribution in [0, 0.1) is 10.1 Å². The number of pyridine rings is 1. The first-order valence-corrected chi connectivity index (χ1v) is 6.80. The minimum Gasteiger partial charge on any atom is -0.395 e. The molecule has 1 N–H and O–H groups in total. The predicted octanol–water partition coefficient (Wildman–Crippen LogP) is 0.535. The Balaban J connectivity index is 3.13. The van der Waals surface area contributed by atoms with Gasteiger partial charge in [-0.25, -0.2) is 8.42 Å². The van der Waals surface area contributed by atoms with Gasteiger partial charge in [0, 0.05) is 12.6 Å². The Labute approximate surface area is 117 Å². The summed E-state index contributed by atoms with van der Waals surface area (Å²) in [4.78, 5) is 12.1. The van der Waals surface area contributed by atoms with E-state index in [9.17, 15) is 31.7 Å². The largest absolute Gasteiger partial charge is 0.402 e. The third-order valence-corrected chi connectivity index (χ3v) is 4.08. The molecule has 0 saturated carbocycles. The minimum atomic E-state index is -4.80. The maximum absolute atomic E-state index is 12.4. The monoisotopic (exact) mass is 329 g/mol. The molecule has 0 amide bonds. The average Bonchev–Trinajstić information content (AvgIpc) is 2.36. The molecule has 21 heavy (non-hydrogen) atoms. The van der Waals surface area contributed by atoms with Gasteiger partial charge >= 0.3 is 12.0 Å². The van der Waals surface area contributed by atoms with E-state index in [0.717, 1.165) is 12.1 Å². The van der Waals surface area contributed by atoms with Gasteiger partial charge in [-0.2, -0.15) is 17.5 Å². The smallest absolute Gasteiger partial charge is 0.395 e. The summed E-state index contributed by atoms with van der Waals surface area (Å²) >= 11 is 0. The van der Waals surface area contributed by atoms with Gasteiger partial charge in [-0.3, -0.25) is 0 Å². The molecule has 0 spiro atoms. The van der Waals surface area contributed by atoms with Crippen LogP contribution in [0.5, 0.6) is 0 Å². The van der Waals surface area contributed by atoms with Crippen molar-refractivity contribution in [2.75, 3.05) is 19.7 Å². The van der Waals surface area contributed by atoms with Crippen LogP contribution in [0.25, 0.3) is 0 Å². The van der Waals surface area contributed by atoms with Crippen LogP contribution in [0.3, 0.4) is 0 Å². The number of sulfonamides is 1. The van der Waals surface area contributed by atoms with Crippen molar-refractivity contribution in [2.24, 2.45) is 0 Å². The highest BCUT2D eigenvalue weighted by molar-refractivity contribution is 7.89. The van der Waals surface area contributed by atoms with E-state index in [1.807, 2.05) is 0 Å². The highest BCUT2D eigenvalue weighted by Gasteiger charge is 2.37. The molecule has 0 aromatic carbocycles. The molecule has 0 atom stereocenters. The first-order valence-electron chi connectivity index (χ1n) is 5.36. The first-order chi connectivity index (χ1) is 9.58. The van der Waals surface area contributed by atoms with Crippen LogP contribution >= 0.6 is 0 Å². The lowest BCUT2D eigenvalue weighted by Gasteiger charge is -2.21. The number of aliphatic hydroxyl groups excluding tert-OH is 1. The lowest BCUT2D eigenvalue weighted by molar-refractivity contribution is -0.389. The van der Waals surface area contributed by atoms with Crippen LogP contribution in [-0.2, 0) is 10.0 Å². The standard InChI is InChI=1S/C9H10F3N3O5S/c10-9(11,12)6-14(3-4-16)21(19,20)7-1-2-8(13-5-7)15(17)18/h1-2,5,16H,3-4,6H2. The number of aliphatic hydroxyl groups is 1. The number of alkyl halides is 3. The van der Waals surface area contributed by atoms with Crippen LogP contribution in [0.4, 0.5) is 19.0 Å². The molecule has 0 unspecified atom stereocenters. The lowest BCUT2D eigenvalue weighted by atomic mass is 10.5. The number of rotatable bonds is 6. The van der Waals surface area contributed by atoms with Gasteiger partial charge in [-0.1, -0.05) is 0 Å². The number of nitro groups is 1. The van der Waals surface area contributed by atoms with Gasteiger partial charge in [-0.05, 0) is 16.0 Å². The zero-order valence-corrected chi connectivity index (χ0v) is 11.1. The Kier molecular flexibility index (Phi) is 5.20. The van der Waals surface area contributed by atoms with Crippen LogP contribution < -0.4 is 0 Å². The summed E-state index contributed by atoms with van der Waals surface area (Å²) in [5.74, 6) is -0.640. The number of nitrogens with zero attached hydrogens (tertiary/aromatic N) is 3. The summed E-state index contributed by atoms with van der Waals surface area (Å²) < 4.78 is 61.1. The third-order valence-electron chi connectivity index (χ3n) is 2.25. The topological polar surface area (TPSA) is 114 Å². The van der Waals surface area contributed by atoms with E-state index in [1.54, 1.807) is 0 Å². The van der Waals surface area contributed by atoms with Crippen LogP contribution in [0.1, 0.15) is 0 Å². The van der Waals surface area contributed by atoms with Crippen LogP contribution in [0.15, 0.2) is 23.2 Å². The summed E-state index contributed by atoms with van der Waals surface area (Å²) in [6, 6.07) is 1.54. The summed E-state index contributed by atoms with van der Waals surface area (Å²) in [7, 11) is -4.57. The van der Waals surface area contributed by atoms with Crippen LogP contribution in [-0.4, -0.2) is 53.6 Å². The molecule has 0 aliphatic carbocycles. The molecular weight excluding hydrogens is 319 g/mol. The van der Waals surface area contributed by atoms with Gasteiger partial charge in [0.15, 0.2) is 6.20 Å². The molecule has 1 rings (SSSR count). The van der Waals surface area contributed by atoms with Crippen molar-refractivity contribution in [3.05, 3.63) is 28.4 Å². The molecular formula is C9H10F3N3O5S. The van der Waals surface area contributed by atoms with Crippen molar-refractivity contribution in [1.82, 2.24) is 9.29 Å². The van der Waals surface area contributed by atoms with Crippen molar-refractivity contribution in [1.29, 1.82) is 0 Å². The predicted molar refractivity (Wildman–Crippen MR) is 62.8 cm³/mol. The molecule has 1 aromatic heterocycles. The molecule has 0 aliphatic heterocycles. The fourth-order valence-corrected chi connectivity index (χ4v) is 2.74. The fraction of sp³-hybridized carbons (Fsp3) is 0.444. The van der Waals surface area contributed by atoms with Gasteiger partial charge in [0.1, 0.15) is 11.4 Å². The van der Waals surface area contributed by atoms with E-state index in [-0.39, 0.29) is 4.31 Å². The van der Waals surface area contributed by atoms with Crippen LogP contribution in [0.2, 0.25) is 0 Å².